The first kappa shape index (κ1) is 19.6. The molecule has 6 nitrogen and oxygen atoms in total. The zero-order valence-electron chi connectivity index (χ0n) is 16.8. The Morgan fingerprint density at radius 3 is 2.50 bits per heavy atom. The molecule has 0 radical (unpaired) electrons. The number of aryl methyl sites for hydroxylation is 1. The highest BCUT2D eigenvalue weighted by molar-refractivity contribution is 5.93. The van der Waals surface area contributed by atoms with Crippen LogP contribution < -0.4 is 10.6 Å². The van der Waals surface area contributed by atoms with Gasteiger partial charge in [0.1, 0.15) is 0 Å². The maximum absolute atomic E-state index is 12.2. The van der Waals surface area contributed by atoms with E-state index in [0.29, 0.717) is 24.6 Å². The molecule has 6 heteroatoms. The van der Waals surface area contributed by atoms with Crippen molar-refractivity contribution in [3.05, 3.63) is 89.9 Å². The summed E-state index contributed by atoms with van der Waals surface area (Å²) in [6, 6.07) is 18.5. The fourth-order valence-electron chi connectivity index (χ4n) is 3.43. The van der Waals surface area contributed by atoms with Gasteiger partial charge in [-0.3, -0.25) is 4.79 Å². The lowest BCUT2D eigenvalue weighted by atomic mass is 10.1. The molecule has 2 aromatic heterocycles. The summed E-state index contributed by atoms with van der Waals surface area (Å²) in [7, 11) is 0. The molecule has 0 fully saturated rings. The number of nitrogens with zero attached hydrogens (tertiary/aromatic N) is 2. The number of amides is 1. The molecule has 0 saturated heterocycles. The summed E-state index contributed by atoms with van der Waals surface area (Å²) in [5.74, 6) is 0.379. The van der Waals surface area contributed by atoms with Crippen molar-refractivity contribution in [2.45, 2.75) is 19.3 Å². The van der Waals surface area contributed by atoms with Crippen LogP contribution in [0.25, 0.3) is 10.9 Å². The standard InChI is InChI=1S/C24H25N5O/c30-23(25-13-6-9-18-7-2-1-3-8-18)20-16-28-24(29-17-20)26-14-12-19-15-27-22-11-5-4-10-21(19)22/h1-5,7-8,10-11,15-17,27H,6,9,12-14H2,(H,25,30)(H,26,28,29). The van der Waals surface area contributed by atoms with E-state index in [0.717, 1.165) is 24.8 Å². The summed E-state index contributed by atoms with van der Waals surface area (Å²) in [6.45, 7) is 1.34. The van der Waals surface area contributed by atoms with Gasteiger partial charge in [0.15, 0.2) is 0 Å². The number of aromatic amines is 1. The fourth-order valence-corrected chi connectivity index (χ4v) is 3.43. The van der Waals surface area contributed by atoms with Crippen molar-refractivity contribution >= 4 is 22.8 Å². The second kappa shape index (κ2) is 9.69. The van der Waals surface area contributed by atoms with Gasteiger partial charge in [0.2, 0.25) is 5.95 Å². The number of anilines is 1. The topological polar surface area (TPSA) is 82.7 Å². The molecule has 3 N–H and O–H groups in total. The van der Waals surface area contributed by atoms with E-state index in [1.807, 2.05) is 36.5 Å². The normalized spacial score (nSPS) is 10.8. The molecule has 0 atom stereocenters. The fraction of sp³-hybridized carbons (Fsp3) is 0.208. The van der Waals surface area contributed by atoms with E-state index in [2.05, 4.69) is 49.9 Å². The molecule has 4 aromatic rings. The molecule has 0 aliphatic rings. The Morgan fingerprint density at radius 2 is 1.67 bits per heavy atom. The quantitative estimate of drug-likeness (QED) is 0.372. The third-order valence-corrected chi connectivity index (χ3v) is 5.04. The highest BCUT2D eigenvalue weighted by Crippen LogP contribution is 2.18. The largest absolute Gasteiger partial charge is 0.361 e. The third kappa shape index (κ3) is 5.03. The lowest BCUT2D eigenvalue weighted by molar-refractivity contribution is 0.0952. The van der Waals surface area contributed by atoms with E-state index in [-0.39, 0.29) is 5.91 Å². The molecule has 4 rings (SSSR count). The number of fused-ring (bicyclic) bond motifs is 1. The summed E-state index contributed by atoms with van der Waals surface area (Å²) in [5.41, 5.74) is 4.14. The van der Waals surface area contributed by atoms with Crippen LogP contribution in [0, 0.1) is 0 Å². The average Bonchev–Trinajstić information content (AvgIpc) is 3.21. The maximum Gasteiger partial charge on any atom is 0.254 e. The number of hydrogen-bond acceptors (Lipinski definition) is 4. The molecule has 152 valence electrons. The number of carbonyl (C=O) groups excluding carboxylic acids is 1. The smallest absolute Gasteiger partial charge is 0.254 e. The number of hydrogen-bond donors (Lipinski definition) is 3. The van der Waals surface area contributed by atoms with Gasteiger partial charge in [-0.25, -0.2) is 9.97 Å². The van der Waals surface area contributed by atoms with Crippen LogP contribution >= 0.6 is 0 Å². The predicted molar refractivity (Wildman–Crippen MR) is 120 cm³/mol. The summed E-state index contributed by atoms with van der Waals surface area (Å²) in [4.78, 5) is 24.1. The minimum absolute atomic E-state index is 0.145. The van der Waals surface area contributed by atoms with Gasteiger partial charge in [0.25, 0.3) is 5.91 Å². The Balaban J connectivity index is 1.21. The predicted octanol–water partition coefficient (Wildman–Crippen LogP) is 3.98. The molecule has 2 heterocycles. The van der Waals surface area contributed by atoms with Crippen LogP contribution in [0.5, 0.6) is 0 Å². The lowest BCUT2D eigenvalue weighted by Gasteiger charge is -2.07. The van der Waals surface area contributed by atoms with E-state index in [1.165, 1.54) is 16.5 Å². The number of rotatable bonds is 9. The van der Waals surface area contributed by atoms with E-state index in [1.54, 1.807) is 12.4 Å². The number of aromatic nitrogens is 3. The molecule has 0 aliphatic heterocycles. The van der Waals surface area contributed by atoms with Crippen LogP contribution in [0.15, 0.2) is 73.2 Å². The Bertz CT molecular complexity index is 1090. The summed E-state index contributed by atoms with van der Waals surface area (Å²) < 4.78 is 0. The summed E-state index contributed by atoms with van der Waals surface area (Å²) >= 11 is 0. The Kier molecular flexibility index (Phi) is 6.35. The SMILES string of the molecule is O=C(NCCCc1ccccc1)c1cnc(NCCc2c[nH]c3ccccc23)nc1. The van der Waals surface area contributed by atoms with E-state index < -0.39 is 0 Å². The molecule has 0 aliphatic carbocycles. The van der Waals surface area contributed by atoms with Crippen LogP contribution in [0.2, 0.25) is 0 Å². The molecular formula is C24H25N5O. The second-order valence-corrected chi connectivity index (χ2v) is 7.18. The number of para-hydroxylation sites is 1. The highest BCUT2D eigenvalue weighted by atomic mass is 16.1. The number of benzene rings is 2. The lowest BCUT2D eigenvalue weighted by Crippen LogP contribution is -2.25. The van der Waals surface area contributed by atoms with E-state index in [9.17, 15) is 4.79 Å². The van der Waals surface area contributed by atoms with Crippen molar-refractivity contribution in [1.82, 2.24) is 20.3 Å². The Morgan fingerprint density at radius 1 is 0.900 bits per heavy atom. The van der Waals surface area contributed by atoms with Crippen molar-refractivity contribution in [1.29, 1.82) is 0 Å². The molecule has 0 bridgehead atoms. The molecule has 2 aromatic carbocycles. The van der Waals surface area contributed by atoms with Crippen molar-refractivity contribution in [2.75, 3.05) is 18.4 Å². The molecule has 30 heavy (non-hydrogen) atoms. The third-order valence-electron chi connectivity index (χ3n) is 5.04. The summed E-state index contributed by atoms with van der Waals surface area (Å²) in [6.07, 6.45) is 7.86. The number of nitrogens with one attached hydrogen (secondary N) is 3. The zero-order valence-corrected chi connectivity index (χ0v) is 16.8. The number of H-pyrrole nitrogens is 1. The van der Waals surface area contributed by atoms with Crippen molar-refractivity contribution < 1.29 is 4.79 Å². The van der Waals surface area contributed by atoms with Crippen molar-refractivity contribution in [3.8, 4) is 0 Å². The van der Waals surface area contributed by atoms with Gasteiger partial charge in [0, 0.05) is 42.6 Å². The van der Waals surface area contributed by atoms with Crippen LogP contribution in [-0.2, 0) is 12.8 Å². The van der Waals surface area contributed by atoms with Crippen LogP contribution in [-0.4, -0.2) is 33.9 Å². The van der Waals surface area contributed by atoms with Gasteiger partial charge in [-0.1, -0.05) is 48.5 Å². The second-order valence-electron chi connectivity index (χ2n) is 7.18. The van der Waals surface area contributed by atoms with Crippen LogP contribution in [0.1, 0.15) is 27.9 Å². The molecular weight excluding hydrogens is 374 g/mol. The van der Waals surface area contributed by atoms with Gasteiger partial charge in [-0.05, 0) is 36.5 Å². The van der Waals surface area contributed by atoms with Gasteiger partial charge in [0.05, 0.1) is 5.56 Å². The van der Waals surface area contributed by atoms with Crippen LogP contribution in [0.3, 0.4) is 0 Å². The van der Waals surface area contributed by atoms with Crippen LogP contribution in [0.4, 0.5) is 5.95 Å². The first-order chi connectivity index (χ1) is 14.8. The Labute approximate surface area is 175 Å². The molecule has 1 amide bonds. The molecule has 0 saturated carbocycles. The van der Waals surface area contributed by atoms with Gasteiger partial charge < -0.3 is 15.6 Å². The monoisotopic (exact) mass is 399 g/mol. The highest BCUT2D eigenvalue weighted by Gasteiger charge is 2.07. The number of carbonyl (C=O) groups is 1. The molecule has 0 spiro atoms. The first-order valence-electron chi connectivity index (χ1n) is 10.2. The van der Waals surface area contributed by atoms with Gasteiger partial charge in [-0.2, -0.15) is 0 Å². The Hall–Kier alpha value is -3.67. The summed E-state index contributed by atoms with van der Waals surface area (Å²) in [5, 5.41) is 7.38. The maximum atomic E-state index is 12.2. The van der Waals surface area contributed by atoms with E-state index in [4.69, 9.17) is 0 Å². The first-order valence-corrected chi connectivity index (χ1v) is 10.2. The van der Waals surface area contributed by atoms with Gasteiger partial charge >= 0.3 is 0 Å². The minimum atomic E-state index is -0.145. The van der Waals surface area contributed by atoms with Crippen molar-refractivity contribution in [2.24, 2.45) is 0 Å². The average molecular weight is 399 g/mol. The van der Waals surface area contributed by atoms with Gasteiger partial charge in [-0.15, -0.1) is 0 Å². The zero-order chi connectivity index (χ0) is 20.6. The molecule has 0 unspecified atom stereocenters. The van der Waals surface area contributed by atoms with Crippen molar-refractivity contribution in [3.63, 3.8) is 0 Å². The van der Waals surface area contributed by atoms with E-state index >= 15 is 0 Å². The minimum Gasteiger partial charge on any atom is -0.361 e.